The van der Waals surface area contributed by atoms with Crippen molar-refractivity contribution in [3.05, 3.63) is 22.4 Å². The van der Waals surface area contributed by atoms with E-state index in [-0.39, 0.29) is 31.2 Å². The molecule has 1 heterocycles. The Bertz CT molecular complexity index is 489. The molecule has 21 heavy (non-hydrogen) atoms. The van der Waals surface area contributed by atoms with E-state index in [1.54, 1.807) is 0 Å². The molecule has 116 valence electrons. The molecule has 0 bridgehead atoms. The van der Waals surface area contributed by atoms with Crippen LogP contribution in [0.4, 0.5) is 0 Å². The Labute approximate surface area is 126 Å². The second-order valence-electron chi connectivity index (χ2n) is 4.47. The fourth-order valence-corrected chi connectivity index (χ4v) is 2.46. The molecule has 0 aromatic carbocycles. The molecule has 0 aliphatic carbocycles. The maximum absolute atomic E-state index is 11.8. The predicted molar refractivity (Wildman–Crippen MR) is 76.8 cm³/mol. The average molecular weight is 314 g/mol. The van der Waals surface area contributed by atoms with Crippen LogP contribution in [0.2, 0.25) is 0 Å². The molecule has 0 saturated carbocycles. The summed E-state index contributed by atoms with van der Waals surface area (Å²) in [5.74, 6) is -1.87. The average Bonchev–Trinajstić information content (AvgIpc) is 2.90. The zero-order valence-corrected chi connectivity index (χ0v) is 12.4. The first kappa shape index (κ1) is 17.1. The van der Waals surface area contributed by atoms with Crippen LogP contribution in [0, 0.1) is 0 Å². The number of aliphatic hydroxyl groups excluding tert-OH is 1. The molecule has 0 saturated heterocycles. The van der Waals surface area contributed by atoms with Gasteiger partial charge >= 0.3 is 5.97 Å². The SMILES string of the molecule is CC(=O)NC(CC(=O)NCC[C@H](O)C(=O)O)c1cccs1. The highest BCUT2D eigenvalue weighted by Crippen LogP contribution is 2.21. The molecule has 1 rings (SSSR count). The molecule has 0 spiro atoms. The summed E-state index contributed by atoms with van der Waals surface area (Å²) in [6.07, 6.45) is -1.50. The minimum absolute atomic E-state index is 0.0588. The first-order valence-corrected chi connectivity index (χ1v) is 7.26. The number of rotatable bonds is 8. The van der Waals surface area contributed by atoms with Crippen LogP contribution in [0.3, 0.4) is 0 Å². The van der Waals surface area contributed by atoms with Crippen molar-refractivity contribution in [1.29, 1.82) is 0 Å². The topological polar surface area (TPSA) is 116 Å². The number of nitrogens with one attached hydrogen (secondary N) is 2. The summed E-state index contributed by atoms with van der Waals surface area (Å²) in [6, 6.07) is 3.25. The van der Waals surface area contributed by atoms with E-state index in [0.29, 0.717) is 0 Å². The Morgan fingerprint density at radius 2 is 2.10 bits per heavy atom. The van der Waals surface area contributed by atoms with Gasteiger partial charge in [-0.25, -0.2) is 4.79 Å². The van der Waals surface area contributed by atoms with Crippen LogP contribution < -0.4 is 10.6 Å². The van der Waals surface area contributed by atoms with Crippen molar-refractivity contribution in [2.24, 2.45) is 0 Å². The van der Waals surface area contributed by atoms with Crippen LogP contribution in [0.1, 0.15) is 30.7 Å². The zero-order chi connectivity index (χ0) is 15.8. The molecule has 0 aliphatic rings. The maximum atomic E-state index is 11.8. The molecule has 0 aliphatic heterocycles. The highest BCUT2D eigenvalue weighted by atomic mass is 32.1. The van der Waals surface area contributed by atoms with Crippen molar-refractivity contribution >= 4 is 29.1 Å². The summed E-state index contributed by atoms with van der Waals surface area (Å²) >= 11 is 1.44. The molecule has 4 N–H and O–H groups in total. The maximum Gasteiger partial charge on any atom is 0.332 e. The quantitative estimate of drug-likeness (QED) is 0.549. The molecule has 1 unspecified atom stereocenters. The lowest BCUT2D eigenvalue weighted by Gasteiger charge is -2.16. The summed E-state index contributed by atoms with van der Waals surface area (Å²) in [5.41, 5.74) is 0. The van der Waals surface area contributed by atoms with Gasteiger partial charge in [-0.15, -0.1) is 11.3 Å². The first-order chi connectivity index (χ1) is 9.90. The molecule has 7 nitrogen and oxygen atoms in total. The Hall–Kier alpha value is -1.93. The van der Waals surface area contributed by atoms with Gasteiger partial charge in [0, 0.05) is 24.8 Å². The van der Waals surface area contributed by atoms with Crippen LogP contribution in [0.25, 0.3) is 0 Å². The predicted octanol–water partition coefficient (Wildman–Crippen LogP) is 0.267. The summed E-state index contributed by atoms with van der Waals surface area (Å²) in [5, 5.41) is 24.7. The fraction of sp³-hybridized carbons (Fsp3) is 0.462. The number of aliphatic hydroxyl groups is 1. The molecule has 0 fully saturated rings. The van der Waals surface area contributed by atoms with E-state index in [2.05, 4.69) is 10.6 Å². The van der Waals surface area contributed by atoms with Crippen LogP contribution >= 0.6 is 11.3 Å². The number of aliphatic carboxylic acids is 1. The Kier molecular flexibility index (Phi) is 6.83. The molecule has 1 aromatic rings. The Balaban J connectivity index is 2.46. The van der Waals surface area contributed by atoms with Gasteiger partial charge in [-0.1, -0.05) is 6.07 Å². The molecule has 1 aromatic heterocycles. The zero-order valence-electron chi connectivity index (χ0n) is 11.5. The minimum atomic E-state index is -1.49. The third kappa shape index (κ3) is 6.37. The van der Waals surface area contributed by atoms with Crippen LogP contribution in [-0.4, -0.2) is 40.6 Å². The van der Waals surface area contributed by atoms with E-state index in [0.717, 1.165) is 4.88 Å². The van der Waals surface area contributed by atoms with E-state index < -0.39 is 18.1 Å². The number of thiophene rings is 1. The fourth-order valence-electron chi connectivity index (χ4n) is 1.69. The van der Waals surface area contributed by atoms with Crippen molar-refractivity contribution < 1.29 is 24.6 Å². The van der Waals surface area contributed by atoms with Gasteiger partial charge in [0.15, 0.2) is 6.10 Å². The third-order valence-electron chi connectivity index (χ3n) is 2.68. The highest BCUT2D eigenvalue weighted by molar-refractivity contribution is 7.10. The third-order valence-corrected chi connectivity index (χ3v) is 3.66. The summed E-state index contributed by atoms with van der Waals surface area (Å²) < 4.78 is 0. The van der Waals surface area contributed by atoms with E-state index in [9.17, 15) is 14.4 Å². The molecule has 8 heteroatoms. The van der Waals surface area contributed by atoms with Gasteiger partial charge in [0.05, 0.1) is 12.5 Å². The number of carboxylic acids is 1. The van der Waals surface area contributed by atoms with Crippen LogP contribution in [0.5, 0.6) is 0 Å². The van der Waals surface area contributed by atoms with Gasteiger partial charge in [0.1, 0.15) is 0 Å². The van der Waals surface area contributed by atoms with Gasteiger partial charge in [-0.2, -0.15) is 0 Å². The number of amides is 2. The molecule has 2 atom stereocenters. The second kappa shape index (κ2) is 8.38. The van der Waals surface area contributed by atoms with E-state index in [4.69, 9.17) is 10.2 Å². The lowest BCUT2D eigenvalue weighted by Crippen LogP contribution is -2.34. The molecule has 2 amide bonds. The van der Waals surface area contributed by atoms with Crippen molar-refractivity contribution in [3.63, 3.8) is 0 Å². The van der Waals surface area contributed by atoms with E-state index in [1.807, 2.05) is 17.5 Å². The standard InChI is InChI=1S/C13H18N2O5S/c1-8(16)15-9(11-3-2-6-21-11)7-12(18)14-5-4-10(17)13(19)20/h2-3,6,9-10,17H,4-5,7H2,1H3,(H,14,18)(H,15,16)(H,19,20)/t9?,10-/m0/s1. The minimum Gasteiger partial charge on any atom is -0.479 e. The first-order valence-electron chi connectivity index (χ1n) is 6.38. The summed E-state index contributed by atoms with van der Waals surface area (Å²) in [6.45, 7) is 1.44. The molecule has 0 radical (unpaired) electrons. The van der Waals surface area contributed by atoms with Crippen molar-refractivity contribution in [2.75, 3.05) is 6.54 Å². The second-order valence-corrected chi connectivity index (χ2v) is 5.44. The summed E-state index contributed by atoms with van der Waals surface area (Å²) in [7, 11) is 0. The molecular formula is C13H18N2O5S. The van der Waals surface area contributed by atoms with Crippen molar-refractivity contribution in [1.82, 2.24) is 10.6 Å². The van der Waals surface area contributed by atoms with E-state index >= 15 is 0 Å². The van der Waals surface area contributed by atoms with Gasteiger partial charge in [0.2, 0.25) is 11.8 Å². The molecular weight excluding hydrogens is 296 g/mol. The Morgan fingerprint density at radius 1 is 1.38 bits per heavy atom. The summed E-state index contributed by atoms with van der Waals surface area (Å²) in [4.78, 5) is 34.3. The number of hydrogen-bond donors (Lipinski definition) is 4. The van der Waals surface area contributed by atoms with Crippen LogP contribution in [-0.2, 0) is 14.4 Å². The largest absolute Gasteiger partial charge is 0.479 e. The monoisotopic (exact) mass is 314 g/mol. The number of hydrogen-bond acceptors (Lipinski definition) is 5. The van der Waals surface area contributed by atoms with Gasteiger partial charge in [-0.05, 0) is 11.4 Å². The van der Waals surface area contributed by atoms with Crippen molar-refractivity contribution in [2.45, 2.75) is 31.9 Å². The van der Waals surface area contributed by atoms with E-state index in [1.165, 1.54) is 18.3 Å². The Morgan fingerprint density at radius 3 is 2.62 bits per heavy atom. The van der Waals surface area contributed by atoms with Gasteiger partial charge < -0.3 is 20.8 Å². The van der Waals surface area contributed by atoms with Crippen LogP contribution in [0.15, 0.2) is 17.5 Å². The lowest BCUT2D eigenvalue weighted by atomic mass is 10.1. The number of carboxylic acid groups (broad SMARTS) is 1. The number of carbonyl (C=O) groups is 3. The van der Waals surface area contributed by atoms with Gasteiger partial charge in [0.25, 0.3) is 0 Å². The smallest absolute Gasteiger partial charge is 0.332 e. The van der Waals surface area contributed by atoms with Gasteiger partial charge in [-0.3, -0.25) is 9.59 Å². The number of carbonyl (C=O) groups excluding carboxylic acids is 2. The highest BCUT2D eigenvalue weighted by Gasteiger charge is 2.18. The lowest BCUT2D eigenvalue weighted by molar-refractivity contribution is -0.147. The normalized spacial score (nSPS) is 13.2. The van der Waals surface area contributed by atoms with Crippen molar-refractivity contribution in [3.8, 4) is 0 Å².